The molecule has 4 aromatic rings. The number of nitrogens with zero attached hydrogens (tertiary/aromatic N) is 2. The Morgan fingerprint density at radius 3 is 2.44 bits per heavy atom. The fourth-order valence-electron chi connectivity index (χ4n) is 3.63. The maximum absolute atomic E-state index is 13.4. The van der Waals surface area contributed by atoms with Crippen LogP contribution in [-0.2, 0) is 11.2 Å². The number of thioether (sulfide) groups is 1. The second-order valence-corrected chi connectivity index (χ2v) is 8.84. The lowest BCUT2D eigenvalue weighted by atomic mass is 10.0. The smallest absolute Gasteiger partial charge is 0.234 e. The van der Waals surface area contributed by atoms with Crippen molar-refractivity contribution in [1.82, 2.24) is 9.97 Å². The quantitative estimate of drug-likeness (QED) is 0.244. The molecule has 1 aliphatic rings. The number of halogens is 2. The van der Waals surface area contributed by atoms with Crippen LogP contribution in [0.2, 0.25) is 0 Å². The summed E-state index contributed by atoms with van der Waals surface area (Å²) >= 11 is 1.27. The van der Waals surface area contributed by atoms with Gasteiger partial charge in [0.1, 0.15) is 22.4 Å². The number of aryl methyl sites for hydroxylation is 1. The Balaban J connectivity index is 1.44. The van der Waals surface area contributed by atoms with Crippen molar-refractivity contribution in [2.45, 2.75) is 18.4 Å². The highest BCUT2D eigenvalue weighted by Gasteiger charge is 2.25. The van der Waals surface area contributed by atoms with E-state index in [0.29, 0.717) is 34.4 Å². The molecule has 0 fully saturated rings. The van der Waals surface area contributed by atoms with Gasteiger partial charge in [-0.15, -0.1) is 0 Å². The number of anilines is 1. The second kappa shape index (κ2) is 9.23. The molecule has 2 heterocycles. The Kier molecular flexibility index (Phi) is 5.98. The first-order valence-electron chi connectivity index (χ1n) is 10.6. The summed E-state index contributed by atoms with van der Waals surface area (Å²) in [6.45, 7) is 2.01. The summed E-state index contributed by atoms with van der Waals surface area (Å²) in [5.41, 5.74) is 4.07. The Labute approximate surface area is 199 Å². The van der Waals surface area contributed by atoms with Gasteiger partial charge in [-0.05, 0) is 67.1 Å². The van der Waals surface area contributed by atoms with Crippen molar-refractivity contribution in [2.24, 2.45) is 0 Å². The number of hydrogen-bond donors (Lipinski definition) is 1. The van der Waals surface area contributed by atoms with E-state index in [9.17, 15) is 13.6 Å². The first kappa shape index (κ1) is 22.0. The largest absolute Gasteiger partial charge is 0.438 e. The van der Waals surface area contributed by atoms with E-state index < -0.39 is 0 Å². The number of rotatable bonds is 5. The van der Waals surface area contributed by atoms with Crippen molar-refractivity contribution in [1.29, 1.82) is 0 Å². The van der Waals surface area contributed by atoms with Crippen LogP contribution in [0, 0.1) is 18.6 Å². The third-order valence-corrected chi connectivity index (χ3v) is 6.31. The van der Waals surface area contributed by atoms with Crippen LogP contribution in [0.1, 0.15) is 16.7 Å². The predicted molar refractivity (Wildman–Crippen MR) is 127 cm³/mol. The molecule has 0 saturated carbocycles. The minimum Gasteiger partial charge on any atom is -0.438 e. The molecule has 1 aromatic heterocycles. The molecule has 1 amide bonds. The van der Waals surface area contributed by atoms with Gasteiger partial charge < -0.3 is 10.1 Å². The van der Waals surface area contributed by atoms with Gasteiger partial charge in [0.15, 0.2) is 5.82 Å². The van der Waals surface area contributed by atoms with Crippen molar-refractivity contribution < 1.29 is 18.3 Å². The first-order valence-corrected chi connectivity index (χ1v) is 11.6. The van der Waals surface area contributed by atoms with E-state index in [1.54, 1.807) is 12.1 Å². The molecule has 0 aliphatic carbocycles. The minimum absolute atomic E-state index is 0.0877. The van der Waals surface area contributed by atoms with Gasteiger partial charge in [-0.1, -0.05) is 29.5 Å². The molecular formula is C26H19F2N3O2S. The lowest BCUT2D eigenvalue weighted by Gasteiger charge is -2.22. The molecule has 0 unspecified atom stereocenters. The summed E-state index contributed by atoms with van der Waals surface area (Å²) < 4.78 is 32.6. The van der Waals surface area contributed by atoms with Crippen LogP contribution in [0.3, 0.4) is 0 Å². The van der Waals surface area contributed by atoms with Crippen molar-refractivity contribution >= 4 is 23.4 Å². The van der Waals surface area contributed by atoms with E-state index in [0.717, 1.165) is 22.4 Å². The average molecular weight is 476 g/mol. The van der Waals surface area contributed by atoms with Gasteiger partial charge >= 0.3 is 0 Å². The predicted octanol–water partition coefficient (Wildman–Crippen LogP) is 6.16. The summed E-state index contributed by atoms with van der Waals surface area (Å²) in [4.78, 5) is 21.8. The van der Waals surface area contributed by atoms with Gasteiger partial charge in [-0.2, -0.15) is 4.98 Å². The third kappa shape index (κ3) is 4.77. The van der Waals surface area contributed by atoms with Crippen LogP contribution < -0.4 is 10.1 Å². The van der Waals surface area contributed by atoms with E-state index in [1.165, 1.54) is 48.2 Å². The zero-order chi connectivity index (χ0) is 23.7. The summed E-state index contributed by atoms with van der Waals surface area (Å²) in [6, 6.07) is 17.4. The summed E-state index contributed by atoms with van der Waals surface area (Å²) in [6.07, 6.45) is 0.567. The normalized spacial score (nSPS) is 11.9. The lowest BCUT2D eigenvalue weighted by molar-refractivity contribution is -0.113. The molecule has 1 aliphatic heterocycles. The van der Waals surface area contributed by atoms with Gasteiger partial charge in [-0.25, -0.2) is 13.8 Å². The lowest BCUT2D eigenvalue weighted by Crippen LogP contribution is -2.15. The number of amides is 1. The number of nitrogens with one attached hydrogen (secondary N) is 1. The number of carbonyl (C=O) groups is 1. The van der Waals surface area contributed by atoms with E-state index in [2.05, 4.69) is 16.4 Å². The molecule has 0 bridgehead atoms. The highest BCUT2D eigenvalue weighted by Crippen LogP contribution is 2.40. The molecular weight excluding hydrogens is 456 g/mol. The monoisotopic (exact) mass is 475 g/mol. The Hall–Kier alpha value is -3.78. The highest BCUT2D eigenvalue weighted by molar-refractivity contribution is 8.00. The Morgan fingerprint density at radius 1 is 1.00 bits per heavy atom. The van der Waals surface area contributed by atoms with Gasteiger partial charge in [0.2, 0.25) is 11.8 Å². The van der Waals surface area contributed by atoms with Crippen LogP contribution in [0.4, 0.5) is 14.5 Å². The minimum atomic E-state index is -0.371. The highest BCUT2D eigenvalue weighted by atomic mass is 32.2. The fraction of sp³-hybridized carbons (Fsp3) is 0.115. The van der Waals surface area contributed by atoms with Gasteiger partial charge in [0.25, 0.3) is 0 Å². The van der Waals surface area contributed by atoms with Crippen molar-refractivity contribution in [3.05, 3.63) is 95.1 Å². The fourth-order valence-corrected chi connectivity index (χ4v) is 4.46. The van der Waals surface area contributed by atoms with Crippen LogP contribution in [0.5, 0.6) is 11.6 Å². The summed E-state index contributed by atoms with van der Waals surface area (Å²) in [5.74, 6) is 0.651. The average Bonchev–Trinajstić information content (AvgIpc) is 2.83. The molecule has 5 rings (SSSR count). The molecule has 34 heavy (non-hydrogen) atoms. The molecule has 1 N–H and O–H groups in total. The van der Waals surface area contributed by atoms with E-state index >= 15 is 0 Å². The van der Waals surface area contributed by atoms with Crippen LogP contribution >= 0.6 is 11.8 Å². The molecule has 0 atom stereocenters. The molecule has 5 nitrogen and oxygen atoms in total. The number of ether oxygens (including phenoxy) is 1. The van der Waals surface area contributed by atoms with Gasteiger partial charge in [0, 0.05) is 17.7 Å². The van der Waals surface area contributed by atoms with Crippen LogP contribution in [0.15, 0.2) is 71.8 Å². The SMILES string of the molecule is Cc1ccc2c(c1)Cc1c(nc(-c3ccc(F)cc3)nc1SCC(=O)Nc1ccc(F)cc1)O2. The van der Waals surface area contributed by atoms with Crippen molar-refractivity contribution in [2.75, 3.05) is 11.1 Å². The number of aromatic nitrogens is 2. The maximum atomic E-state index is 13.4. The van der Waals surface area contributed by atoms with Crippen LogP contribution in [-0.4, -0.2) is 21.6 Å². The standard InChI is InChI=1S/C26H19F2N3O2S/c1-15-2-11-22-17(12-15)13-21-25(33-22)30-24(16-3-5-18(27)6-4-16)31-26(21)34-14-23(32)29-20-9-7-19(28)8-10-20/h2-12H,13-14H2,1H3,(H,29,32). The second-order valence-electron chi connectivity index (χ2n) is 7.88. The molecule has 170 valence electrons. The number of fused-ring (bicyclic) bond motifs is 2. The first-order chi connectivity index (χ1) is 16.4. The van der Waals surface area contributed by atoms with E-state index in [-0.39, 0.29) is 23.3 Å². The van der Waals surface area contributed by atoms with Crippen LogP contribution in [0.25, 0.3) is 11.4 Å². The zero-order valence-electron chi connectivity index (χ0n) is 18.1. The number of benzene rings is 3. The number of hydrogen-bond acceptors (Lipinski definition) is 5. The van der Waals surface area contributed by atoms with E-state index in [4.69, 9.17) is 9.72 Å². The Bertz CT molecular complexity index is 1380. The summed E-state index contributed by atoms with van der Waals surface area (Å²) in [7, 11) is 0. The van der Waals surface area contributed by atoms with Gasteiger partial charge in [-0.3, -0.25) is 4.79 Å². The number of carbonyl (C=O) groups excluding carboxylic acids is 1. The topological polar surface area (TPSA) is 64.1 Å². The Morgan fingerprint density at radius 2 is 1.71 bits per heavy atom. The molecule has 8 heteroatoms. The van der Waals surface area contributed by atoms with E-state index in [1.807, 2.05) is 19.1 Å². The van der Waals surface area contributed by atoms with Crippen molar-refractivity contribution in [3.63, 3.8) is 0 Å². The molecule has 3 aromatic carbocycles. The molecule has 0 saturated heterocycles. The third-order valence-electron chi connectivity index (χ3n) is 5.29. The summed E-state index contributed by atoms with van der Waals surface area (Å²) in [5, 5.41) is 3.37. The molecule has 0 spiro atoms. The van der Waals surface area contributed by atoms with Crippen molar-refractivity contribution in [3.8, 4) is 23.0 Å². The maximum Gasteiger partial charge on any atom is 0.234 e. The zero-order valence-corrected chi connectivity index (χ0v) is 19.0. The van der Waals surface area contributed by atoms with Gasteiger partial charge in [0.05, 0.1) is 11.3 Å². The molecule has 0 radical (unpaired) electrons.